The van der Waals surface area contributed by atoms with Crippen LogP contribution in [-0.2, 0) is 4.79 Å². The van der Waals surface area contributed by atoms with E-state index < -0.39 is 5.97 Å². The number of nitrogens with one attached hydrogen (secondary N) is 1. The second kappa shape index (κ2) is 3.79. The zero-order chi connectivity index (χ0) is 11.9. The van der Waals surface area contributed by atoms with Crippen LogP contribution in [0.3, 0.4) is 0 Å². The zero-order valence-corrected chi connectivity index (χ0v) is 9.80. The molecule has 0 saturated carbocycles. The van der Waals surface area contributed by atoms with E-state index in [9.17, 15) is 9.59 Å². The predicted octanol–water partition coefficient (Wildman–Crippen LogP) is 1.61. The van der Waals surface area contributed by atoms with Gasteiger partial charge in [-0.25, -0.2) is 4.79 Å². The van der Waals surface area contributed by atoms with E-state index in [1.54, 1.807) is 5.38 Å². The highest BCUT2D eigenvalue weighted by Gasteiger charge is 2.30. The number of fused-ring (bicyclic) bond motifs is 1. The summed E-state index contributed by atoms with van der Waals surface area (Å²) in [6.07, 6.45) is 0. The maximum Gasteiger partial charge on any atom is 0.348 e. The number of aromatic carboxylic acids is 1. The number of carbonyl (C=O) groups excluding carboxylic acids is 1. The molecule has 0 bridgehead atoms. The van der Waals surface area contributed by atoms with Crippen molar-refractivity contribution in [3.8, 4) is 0 Å². The van der Waals surface area contributed by atoms with Crippen LogP contribution >= 0.6 is 11.3 Å². The lowest BCUT2D eigenvalue weighted by atomic mass is 10.1. The summed E-state index contributed by atoms with van der Waals surface area (Å²) in [4.78, 5) is 24.3. The first-order chi connectivity index (χ1) is 7.50. The van der Waals surface area contributed by atoms with Gasteiger partial charge in [0, 0.05) is 24.9 Å². The number of carboxylic acids is 1. The predicted molar refractivity (Wildman–Crippen MR) is 62.4 cm³/mol. The first kappa shape index (κ1) is 10.9. The molecule has 1 amide bonds. The molecule has 6 heteroatoms. The number of hydrogen-bond acceptors (Lipinski definition) is 4. The normalized spacial score (nSPS) is 18.9. The number of carbonyl (C=O) groups is 2. The van der Waals surface area contributed by atoms with Crippen LogP contribution in [0.2, 0.25) is 0 Å². The van der Waals surface area contributed by atoms with Gasteiger partial charge in [-0.15, -0.1) is 11.3 Å². The lowest BCUT2D eigenvalue weighted by Crippen LogP contribution is -2.42. The highest BCUT2D eigenvalue weighted by molar-refractivity contribution is 7.13. The van der Waals surface area contributed by atoms with Crippen LogP contribution in [-0.4, -0.2) is 29.6 Å². The van der Waals surface area contributed by atoms with Crippen LogP contribution < -0.4 is 10.2 Å². The van der Waals surface area contributed by atoms with Crippen molar-refractivity contribution in [2.45, 2.75) is 19.9 Å². The van der Waals surface area contributed by atoms with Gasteiger partial charge in [0.2, 0.25) is 5.91 Å². The maximum absolute atomic E-state index is 11.5. The fourth-order valence-corrected chi connectivity index (χ4v) is 2.68. The second-order valence-electron chi connectivity index (χ2n) is 3.81. The highest BCUT2D eigenvalue weighted by Crippen LogP contribution is 2.39. The van der Waals surface area contributed by atoms with Crippen molar-refractivity contribution in [3.05, 3.63) is 10.3 Å². The number of anilines is 2. The van der Waals surface area contributed by atoms with Crippen molar-refractivity contribution in [3.63, 3.8) is 0 Å². The molecule has 1 unspecified atom stereocenters. The van der Waals surface area contributed by atoms with Gasteiger partial charge in [-0.2, -0.15) is 0 Å². The minimum Gasteiger partial charge on any atom is -0.477 e. The Morgan fingerprint density at radius 3 is 2.88 bits per heavy atom. The molecule has 16 heavy (non-hydrogen) atoms. The number of carboxylic acid groups (broad SMARTS) is 1. The van der Waals surface area contributed by atoms with Crippen LogP contribution in [0.5, 0.6) is 0 Å². The molecule has 0 aliphatic carbocycles. The Balaban J connectivity index is 2.52. The van der Waals surface area contributed by atoms with Gasteiger partial charge in [0.15, 0.2) is 0 Å². The number of amides is 1. The Kier molecular flexibility index (Phi) is 2.59. The number of thiophene rings is 1. The average molecular weight is 240 g/mol. The van der Waals surface area contributed by atoms with Gasteiger partial charge in [-0.1, -0.05) is 0 Å². The van der Waals surface area contributed by atoms with Gasteiger partial charge < -0.3 is 15.3 Å². The monoisotopic (exact) mass is 240 g/mol. The fraction of sp³-hybridized carbons (Fsp3) is 0.400. The summed E-state index contributed by atoms with van der Waals surface area (Å²) in [5.74, 6) is -1.12. The summed E-state index contributed by atoms with van der Waals surface area (Å²) < 4.78 is 0. The van der Waals surface area contributed by atoms with Crippen LogP contribution in [0.1, 0.15) is 23.5 Å². The van der Waals surface area contributed by atoms with Gasteiger partial charge in [-0.3, -0.25) is 4.79 Å². The van der Waals surface area contributed by atoms with Crippen LogP contribution in [0.4, 0.5) is 11.4 Å². The van der Waals surface area contributed by atoms with Crippen LogP contribution in [0.15, 0.2) is 5.38 Å². The standard InChI is InChI=1S/C10H12N2O3S/c1-5-3-12(6(2)13)8-7(11-5)4-16-9(8)10(14)15/h4-5,11H,3H2,1-2H3,(H,14,15). The van der Waals surface area contributed by atoms with Crippen molar-refractivity contribution < 1.29 is 14.7 Å². The fourth-order valence-electron chi connectivity index (χ4n) is 1.84. The van der Waals surface area contributed by atoms with Crippen molar-refractivity contribution in [2.24, 2.45) is 0 Å². The number of hydrogen-bond donors (Lipinski definition) is 2. The highest BCUT2D eigenvalue weighted by atomic mass is 32.1. The third-order valence-electron chi connectivity index (χ3n) is 2.47. The quantitative estimate of drug-likeness (QED) is 0.782. The van der Waals surface area contributed by atoms with Crippen LogP contribution in [0, 0.1) is 0 Å². The maximum atomic E-state index is 11.5. The lowest BCUT2D eigenvalue weighted by molar-refractivity contribution is -0.116. The molecule has 86 valence electrons. The van der Waals surface area contributed by atoms with Crippen molar-refractivity contribution in [1.29, 1.82) is 0 Å². The van der Waals surface area contributed by atoms with Crippen molar-refractivity contribution in [1.82, 2.24) is 0 Å². The first-order valence-corrected chi connectivity index (χ1v) is 5.78. The number of nitrogens with zero attached hydrogens (tertiary/aromatic N) is 1. The Morgan fingerprint density at radius 2 is 2.31 bits per heavy atom. The zero-order valence-electron chi connectivity index (χ0n) is 8.98. The molecule has 0 saturated heterocycles. The Morgan fingerprint density at radius 1 is 1.62 bits per heavy atom. The molecule has 2 rings (SSSR count). The minimum absolute atomic E-state index is 0.129. The van der Waals surface area contributed by atoms with E-state index in [-0.39, 0.29) is 16.8 Å². The van der Waals surface area contributed by atoms with Gasteiger partial charge in [0.1, 0.15) is 4.88 Å². The van der Waals surface area contributed by atoms with Gasteiger partial charge in [0.25, 0.3) is 0 Å². The second-order valence-corrected chi connectivity index (χ2v) is 4.69. The molecule has 0 fully saturated rings. The summed E-state index contributed by atoms with van der Waals surface area (Å²) in [6, 6.07) is 0.132. The topological polar surface area (TPSA) is 69.6 Å². The van der Waals surface area contributed by atoms with E-state index in [0.717, 1.165) is 17.0 Å². The van der Waals surface area contributed by atoms with Gasteiger partial charge in [0.05, 0.1) is 11.4 Å². The first-order valence-electron chi connectivity index (χ1n) is 4.90. The molecule has 1 aromatic rings. The van der Waals surface area contributed by atoms with E-state index in [2.05, 4.69) is 5.32 Å². The average Bonchev–Trinajstić information content (AvgIpc) is 2.59. The Labute approximate surface area is 96.7 Å². The summed E-state index contributed by atoms with van der Waals surface area (Å²) in [5.41, 5.74) is 1.24. The Bertz CT molecular complexity index is 455. The summed E-state index contributed by atoms with van der Waals surface area (Å²) >= 11 is 1.14. The molecular formula is C10H12N2O3S. The van der Waals surface area contributed by atoms with Gasteiger partial charge >= 0.3 is 5.97 Å². The van der Waals surface area contributed by atoms with E-state index in [1.165, 1.54) is 11.8 Å². The molecule has 0 radical (unpaired) electrons. The van der Waals surface area contributed by atoms with Crippen molar-refractivity contribution >= 4 is 34.6 Å². The largest absolute Gasteiger partial charge is 0.477 e. The van der Waals surface area contributed by atoms with Crippen LogP contribution in [0.25, 0.3) is 0 Å². The molecular weight excluding hydrogens is 228 g/mol. The molecule has 1 aromatic heterocycles. The summed E-state index contributed by atoms with van der Waals surface area (Å²) in [7, 11) is 0. The van der Waals surface area contributed by atoms with Crippen molar-refractivity contribution in [2.75, 3.05) is 16.8 Å². The summed E-state index contributed by atoms with van der Waals surface area (Å²) in [6.45, 7) is 3.90. The molecule has 2 N–H and O–H groups in total. The minimum atomic E-state index is -0.992. The molecule has 1 aliphatic rings. The van der Waals surface area contributed by atoms with E-state index >= 15 is 0 Å². The Hall–Kier alpha value is -1.56. The van der Waals surface area contributed by atoms with E-state index in [0.29, 0.717) is 12.2 Å². The molecule has 2 heterocycles. The molecule has 5 nitrogen and oxygen atoms in total. The molecule has 0 spiro atoms. The number of rotatable bonds is 1. The lowest BCUT2D eigenvalue weighted by Gasteiger charge is -2.32. The van der Waals surface area contributed by atoms with Gasteiger partial charge in [-0.05, 0) is 6.92 Å². The SMILES string of the molecule is CC(=O)N1CC(C)Nc2csc(C(=O)O)c21. The molecule has 0 aromatic carbocycles. The molecule has 1 aliphatic heterocycles. The third-order valence-corrected chi connectivity index (χ3v) is 3.42. The van der Waals surface area contributed by atoms with E-state index in [4.69, 9.17) is 5.11 Å². The smallest absolute Gasteiger partial charge is 0.348 e. The van der Waals surface area contributed by atoms with E-state index in [1.807, 2.05) is 6.92 Å². The summed E-state index contributed by atoms with van der Waals surface area (Å²) in [5, 5.41) is 14.0. The molecule has 1 atom stereocenters. The third kappa shape index (κ3) is 1.65.